The van der Waals surface area contributed by atoms with Crippen molar-refractivity contribution in [2.24, 2.45) is 11.7 Å². The summed E-state index contributed by atoms with van der Waals surface area (Å²) >= 11 is 0. The number of hydrazine groups is 1. The zero-order valence-electron chi connectivity index (χ0n) is 37.9. The van der Waals surface area contributed by atoms with E-state index in [0.29, 0.717) is 16.8 Å². The summed E-state index contributed by atoms with van der Waals surface area (Å²) in [5, 5.41) is 10.2. The van der Waals surface area contributed by atoms with Gasteiger partial charge in [-0.1, -0.05) is 117 Å². The molecule has 5 amide bonds. The number of methoxy groups -OCH3 is 1. The fraction of sp³-hybridized carbons (Fsp3) is 0.255. The molecule has 4 atom stereocenters. The maximum Gasteiger partial charge on any atom is 0.408 e. The van der Waals surface area contributed by atoms with E-state index in [1.165, 1.54) is 30.4 Å². The smallest absolute Gasteiger partial charge is 0.408 e. The molecule has 0 saturated carbocycles. The van der Waals surface area contributed by atoms with E-state index in [2.05, 4.69) is 31.3 Å². The van der Waals surface area contributed by atoms with Crippen molar-refractivity contribution in [1.29, 1.82) is 0 Å². The summed E-state index contributed by atoms with van der Waals surface area (Å²) in [5.41, 5.74) is 12.0. The number of imide groups is 1. The molecule has 6 N–H and O–H groups in total. The number of ether oxygens (including phenoxy) is 3. The van der Waals surface area contributed by atoms with Crippen LogP contribution >= 0.6 is 0 Å². The summed E-state index contributed by atoms with van der Waals surface area (Å²) in [7, 11) is 1.54. The van der Waals surface area contributed by atoms with Crippen molar-refractivity contribution in [1.82, 2.24) is 36.4 Å². The summed E-state index contributed by atoms with van der Waals surface area (Å²) < 4.78 is 17.0. The quantitative estimate of drug-likeness (QED) is 0.0471. The third-order valence-electron chi connectivity index (χ3n) is 10.7. The number of esters is 1. The van der Waals surface area contributed by atoms with Gasteiger partial charge in [0, 0.05) is 18.1 Å². The van der Waals surface area contributed by atoms with E-state index in [4.69, 9.17) is 19.9 Å². The van der Waals surface area contributed by atoms with Crippen LogP contribution in [-0.4, -0.2) is 88.6 Å². The number of nitrogens with zero attached hydrogens (tertiary/aromatic N) is 3. The number of pyridine rings is 2. The first kappa shape index (κ1) is 49.4. The molecule has 0 fully saturated rings. The number of para-hydroxylation sites is 1. The average Bonchev–Trinajstić information content (AvgIpc) is 3.35. The highest BCUT2D eigenvalue weighted by Crippen LogP contribution is 2.18. The molecule has 17 nitrogen and oxygen atoms in total. The van der Waals surface area contributed by atoms with Gasteiger partial charge in [-0.25, -0.2) is 24.6 Å². The second-order valence-corrected chi connectivity index (χ2v) is 16.2. The maximum atomic E-state index is 14.3. The van der Waals surface area contributed by atoms with Gasteiger partial charge in [0.15, 0.2) is 0 Å². The molecule has 0 spiro atoms. The van der Waals surface area contributed by atoms with Crippen molar-refractivity contribution in [2.45, 2.75) is 64.1 Å². The van der Waals surface area contributed by atoms with Crippen molar-refractivity contribution in [3.8, 4) is 5.75 Å². The second-order valence-electron chi connectivity index (χ2n) is 16.2. The number of alkyl carbamates (subject to hydrolysis) is 1. The summed E-state index contributed by atoms with van der Waals surface area (Å²) in [4.78, 5) is 90.0. The van der Waals surface area contributed by atoms with Gasteiger partial charge in [0.05, 0.1) is 37.7 Å². The average molecular weight is 923 g/mol. The molecule has 0 bridgehead atoms. The highest BCUT2D eigenvalue weighted by atomic mass is 16.6. The monoisotopic (exact) mass is 922 g/mol. The molecule has 0 aliphatic rings. The zero-order chi connectivity index (χ0) is 48.4. The lowest BCUT2D eigenvalue weighted by Crippen LogP contribution is -2.59. The van der Waals surface area contributed by atoms with Crippen LogP contribution in [0.1, 0.15) is 57.9 Å². The Morgan fingerprint density at radius 1 is 0.706 bits per heavy atom. The molecule has 4 unspecified atom stereocenters. The minimum atomic E-state index is -1.47. The minimum Gasteiger partial charge on any atom is -0.497 e. The Bertz CT molecular complexity index is 2640. The molecule has 4 aromatic carbocycles. The number of hydrogen-bond donors (Lipinski definition) is 5. The predicted molar refractivity (Wildman–Crippen MR) is 252 cm³/mol. The van der Waals surface area contributed by atoms with Gasteiger partial charge < -0.3 is 30.6 Å². The molecular formula is C51H54N8O9. The van der Waals surface area contributed by atoms with Gasteiger partial charge in [0.2, 0.25) is 11.8 Å². The molecule has 0 saturated heterocycles. The van der Waals surface area contributed by atoms with E-state index >= 15 is 0 Å². The van der Waals surface area contributed by atoms with Crippen LogP contribution in [-0.2, 0) is 43.4 Å². The summed E-state index contributed by atoms with van der Waals surface area (Å²) in [6.07, 6.45) is -1.11. The van der Waals surface area contributed by atoms with Gasteiger partial charge in [-0.2, -0.15) is 0 Å². The molecular weight excluding hydrogens is 869 g/mol. The van der Waals surface area contributed by atoms with Crippen LogP contribution in [0.25, 0.3) is 10.9 Å². The Balaban J connectivity index is 1.26. The zero-order valence-corrected chi connectivity index (χ0v) is 37.9. The largest absolute Gasteiger partial charge is 0.497 e. The topological polar surface area (TPSA) is 233 Å². The van der Waals surface area contributed by atoms with Crippen molar-refractivity contribution in [2.75, 3.05) is 13.7 Å². The third-order valence-corrected chi connectivity index (χ3v) is 10.7. The van der Waals surface area contributed by atoms with E-state index in [9.17, 15) is 28.8 Å². The van der Waals surface area contributed by atoms with Gasteiger partial charge in [-0.3, -0.25) is 29.9 Å². The lowest BCUT2D eigenvalue weighted by atomic mass is 9.99. The highest BCUT2D eigenvalue weighted by Gasteiger charge is 2.34. The van der Waals surface area contributed by atoms with Gasteiger partial charge >= 0.3 is 12.1 Å². The van der Waals surface area contributed by atoms with E-state index in [-0.39, 0.29) is 37.5 Å². The Kier molecular flexibility index (Phi) is 17.8. The lowest BCUT2D eigenvalue weighted by molar-refractivity contribution is -0.131. The molecule has 0 aliphatic carbocycles. The number of nitrogens with two attached hydrogens (primary N) is 1. The molecule has 2 heterocycles. The van der Waals surface area contributed by atoms with Crippen molar-refractivity contribution in [3.63, 3.8) is 0 Å². The maximum absolute atomic E-state index is 14.3. The first-order chi connectivity index (χ1) is 32.8. The Labute approximate surface area is 393 Å². The number of benzene rings is 4. The molecule has 6 aromatic rings. The van der Waals surface area contributed by atoms with Crippen LogP contribution < -0.4 is 31.8 Å². The van der Waals surface area contributed by atoms with Crippen LogP contribution in [0.15, 0.2) is 146 Å². The van der Waals surface area contributed by atoms with Crippen LogP contribution in [0.3, 0.4) is 0 Å². The second kappa shape index (κ2) is 24.5. The molecule has 68 heavy (non-hydrogen) atoms. The predicted octanol–water partition coefficient (Wildman–Crippen LogP) is 5.05. The number of rotatable bonds is 21. The van der Waals surface area contributed by atoms with Crippen LogP contribution in [0.5, 0.6) is 5.75 Å². The number of hydrogen-bond acceptors (Lipinski definition) is 13. The summed E-state index contributed by atoms with van der Waals surface area (Å²) in [6, 6.07) is 36.8. The number of fused-ring (bicyclic) bond motifs is 1. The van der Waals surface area contributed by atoms with Crippen LogP contribution in [0, 0.1) is 5.92 Å². The first-order valence-electron chi connectivity index (χ1n) is 21.9. The number of carbonyl (C=O) groups is 6. The van der Waals surface area contributed by atoms with Gasteiger partial charge in [0.25, 0.3) is 11.8 Å². The van der Waals surface area contributed by atoms with E-state index < -0.39 is 72.3 Å². The number of nitrogens with one attached hydrogen (secondary N) is 4. The van der Waals surface area contributed by atoms with Gasteiger partial charge in [0.1, 0.15) is 35.9 Å². The number of aromatic nitrogens is 2. The minimum absolute atomic E-state index is 0.000310. The van der Waals surface area contributed by atoms with Crippen molar-refractivity contribution >= 4 is 46.6 Å². The van der Waals surface area contributed by atoms with Crippen molar-refractivity contribution < 1.29 is 43.0 Å². The van der Waals surface area contributed by atoms with Crippen LogP contribution in [0.4, 0.5) is 4.79 Å². The molecule has 6 rings (SSSR count). The Hall–Kier alpha value is -8.02. The van der Waals surface area contributed by atoms with Crippen LogP contribution in [0.2, 0.25) is 0 Å². The molecule has 17 heteroatoms. The summed E-state index contributed by atoms with van der Waals surface area (Å²) in [5.74, 6) is -3.64. The first-order valence-corrected chi connectivity index (χ1v) is 21.9. The normalized spacial score (nSPS) is 12.8. The van der Waals surface area contributed by atoms with Gasteiger partial charge in [-0.05, 0) is 65.4 Å². The fourth-order valence-corrected chi connectivity index (χ4v) is 7.06. The number of amides is 5. The summed E-state index contributed by atoms with van der Waals surface area (Å²) in [6.45, 7) is 3.31. The van der Waals surface area contributed by atoms with E-state index in [0.717, 1.165) is 16.5 Å². The van der Waals surface area contributed by atoms with E-state index in [1.807, 2.05) is 48.5 Å². The lowest BCUT2D eigenvalue weighted by Gasteiger charge is -2.34. The number of carbonyl (C=O) groups excluding carboxylic acids is 6. The van der Waals surface area contributed by atoms with E-state index in [1.54, 1.807) is 92.7 Å². The van der Waals surface area contributed by atoms with Gasteiger partial charge in [-0.15, -0.1) is 0 Å². The highest BCUT2D eigenvalue weighted by molar-refractivity contribution is 6.05. The molecule has 0 aliphatic heterocycles. The Morgan fingerprint density at radius 2 is 1.38 bits per heavy atom. The fourth-order valence-electron chi connectivity index (χ4n) is 7.06. The SMILES string of the molecule is COc1ccc(CN(CC(OC(=O)c2ccccn2)C(Cc2ccccc2)NC(=O)C(N)CC(=O)NC(=O)c2ccc3ccccc3n2)NC(=O)C(NC(=O)OCc2ccccc2)C(C)C)cc1. The molecule has 352 valence electrons. The third kappa shape index (κ3) is 14.7. The van der Waals surface area contributed by atoms with Crippen molar-refractivity contribution in [3.05, 3.63) is 174 Å². The molecule has 2 aromatic heterocycles. The molecule has 0 radical (unpaired) electrons. The Morgan fingerprint density at radius 3 is 2.06 bits per heavy atom. The standard InChI is InChI=1S/C51H54N8O9/c1-33(2)46(57-51(65)67-32-36-16-8-5-9-17-36)49(63)58-59(30-35-21-24-38(66-3)25-22-35)31-44(68-50(64)42-20-12-13-27-53-42)43(28-34-14-6-4-7-15-34)55-47(61)39(52)29-45(60)56-48(62)41-26-23-37-18-10-11-19-40(37)54-41/h4-27,33,39,43-44,46H,28-32,52H2,1-3H3,(H,55,61)(H,57,65)(H,58,63)(H,56,60,62).